The van der Waals surface area contributed by atoms with Gasteiger partial charge < -0.3 is 9.16 Å². The number of ether oxygens (including phenoxy) is 1. The van der Waals surface area contributed by atoms with Crippen LogP contribution >= 0.6 is 0 Å². The first-order valence-corrected chi connectivity index (χ1v) is 9.09. The zero-order valence-corrected chi connectivity index (χ0v) is 12.6. The average Bonchev–Trinajstić information content (AvgIpc) is 2.24. The molecule has 0 bridgehead atoms. The summed E-state index contributed by atoms with van der Waals surface area (Å²) in [5.41, 5.74) is -0.353. The third-order valence-electron chi connectivity index (χ3n) is 3.15. The van der Waals surface area contributed by atoms with Gasteiger partial charge in [0.25, 0.3) is 0 Å². The molecule has 0 saturated carbocycles. The highest BCUT2D eigenvalue weighted by Crippen LogP contribution is 2.22. The van der Waals surface area contributed by atoms with Gasteiger partial charge in [-0.15, -0.1) is 0 Å². The number of hydrogen-bond acceptors (Lipinski definition) is 3. The molecule has 0 spiro atoms. The van der Waals surface area contributed by atoms with Gasteiger partial charge in [0.05, 0.1) is 12.0 Å². The van der Waals surface area contributed by atoms with Crippen molar-refractivity contribution in [2.75, 3.05) is 13.7 Å². The van der Waals surface area contributed by atoms with E-state index >= 15 is 0 Å². The van der Waals surface area contributed by atoms with Crippen LogP contribution in [-0.2, 0) is 14.0 Å². The third-order valence-corrected chi connectivity index (χ3v) is 5.81. The molecule has 0 radical (unpaired) electrons. The molecule has 4 heteroatoms. The van der Waals surface area contributed by atoms with Crippen LogP contribution in [0, 0.1) is 5.41 Å². The summed E-state index contributed by atoms with van der Waals surface area (Å²) in [6.45, 7) is 10.7. The van der Waals surface area contributed by atoms with Gasteiger partial charge in [-0.25, -0.2) is 0 Å². The van der Waals surface area contributed by atoms with E-state index in [0.29, 0.717) is 6.61 Å². The van der Waals surface area contributed by atoms with Crippen LogP contribution in [0.2, 0.25) is 19.1 Å². The lowest BCUT2D eigenvalue weighted by Crippen LogP contribution is -2.30. The van der Waals surface area contributed by atoms with E-state index in [9.17, 15) is 4.79 Å². The van der Waals surface area contributed by atoms with Gasteiger partial charge in [-0.3, -0.25) is 4.79 Å². The molecular weight excluding hydrogens is 220 g/mol. The Hall–Kier alpha value is -0.353. The molecular formula is C12H26O3Si. The van der Waals surface area contributed by atoms with Crippen molar-refractivity contribution < 1.29 is 14.0 Å². The quantitative estimate of drug-likeness (QED) is 0.393. The van der Waals surface area contributed by atoms with E-state index in [2.05, 4.69) is 13.1 Å². The molecule has 16 heavy (non-hydrogen) atoms. The van der Waals surface area contributed by atoms with Crippen molar-refractivity contribution in [2.24, 2.45) is 5.41 Å². The number of carbonyl (C=O) groups is 1. The summed E-state index contributed by atoms with van der Waals surface area (Å²) in [5.74, 6) is -0.0908. The standard InChI is InChI=1S/C12H26O3Si/c1-7-12(2,3)11(13)15-9-8-10-16(5,6)14-4/h7-10H2,1-6H3. The Morgan fingerprint density at radius 1 is 1.31 bits per heavy atom. The Morgan fingerprint density at radius 3 is 2.31 bits per heavy atom. The maximum atomic E-state index is 11.6. The second kappa shape index (κ2) is 6.40. The zero-order valence-electron chi connectivity index (χ0n) is 11.6. The molecule has 0 N–H and O–H groups in total. The lowest BCUT2D eigenvalue weighted by Gasteiger charge is -2.22. The van der Waals surface area contributed by atoms with Crippen molar-refractivity contribution in [1.82, 2.24) is 0 Å². The minimum absolute atomic E-state index is 0.0908. The minimum Gasteiger partial charge on any atom is -0.465 e. The van der Waals surface area contributed by atoms with E-state index in [1.54, 1.807) is 7.11 Å². The number of hydrogen-bond donors (Lipinski definition) is 0. The fraction of sp³-hybridized carbons (Fsp3) is 0.917. The highest BCUT2D eigenvalue weighted by Gasteiger charge is 2.27. The average molecular weight is 246 g/mol. The van der Waals surface area contributed by atoms with E-state index in [4.69, 9.17) is 9.16 Å². The molecule has 0 aliphatic rings. The second-order valence-corrected chi connectivity index (χ2v) is 9.87. The highest BCUT2D eigenvalue weighted by molar-refractivity contribution is 6.71. The van der Waals surface area contributed by atoms with Crippen molar-refractivity contribution in [1.29, 1.82) is 0 Å². The smallest absolute Gasteiger partial charge is 0.311 e. The van der Waals surface area contributed by atoms with E-state index in [1.165, 1.54) is 0 Å². The molecule has 0 amide bonds. The maximum absolute atomic E-state index is 11.6. The molecule has 0 aliphatic carbocycles. The molecule has 0 rings (SSSR count). The Kier molecular flexibility index (Phi) is 6.26. The fourth-order valence-corrected chi connectivity index (χ4v) is 2.30. The molecule has 0 heterocycles. The van der Waals surface area contributed by atoms with Crippen LogP contribution in [0.3, 0.4) is 0 Å². The first kappa shape index (κ1) is 15.6. The summed E-state index contributed by atoms with van der Waals surface area (Å²) in [7, 11) is 0.268. The molecule has 0 unspecified atom stereocenters. The van der Waals surface area contributed by atoms with Crippen LogP contribution in [0.4, 0.5) is 0 Å². The first-order valence-electron chi connectivity index (χ1n) is 5.97. The summed E-state index contributed by atoms with van der Waals surface area (Å²) in [6.07, 6.45) is 1.71. The van der Waals surface area contributed by atoms with Gasteiger partial charge in [0.1, 0.15) is 0 Å². The first-order chi connectivity index (χ1) is 7.25. The number of esters is 1. The van der Waals surface area contributed by atoms with E-state index < -0.39 is 8.32 Å². The Balaban J connectivity index is 3.80. The predicted molar refractivity (Wildman–Crippen MR) is 68.9 cm³/mol. The SMILES string of the molecule is CCC(C)(C)C(=O)OCCC[Si](C)(C)OC. The van der Waals surface area contributed by atoms with Gasteiger partial charge in [-0.2, -0.15) is 0 Å². The van der Waals surface area contributed by atoms with Gasteiger partial charge in [-0.1, -0.05) is 6.92 Å². The van der Waals surface area contributed by atoms with Gasteiger partial charge in [0.2, 0.25) is 0 Å². The number of carbonyl (C=O) groups excluding carboxylic acids is 1. The maximum Gasteiger partial charge on any atom is 0.311 e. The second-order valence-electron chi connectivity index (χ2n) is 5.44. The molecule has 0 aromatic rings. The van der Waals surface area contributed by atoms with Crippen molar-refractivity contribution in [3.8, 4) is 0 Å². The molecule has 0 saturated heterocycles. The van der Waals surface area contributed by atoms with Gasteiger partial charge in [-0.05, 0) is 45.8 Å². The Morgan fingerprint density at radius 2 is 1.88 bits per heavy atom. The highest BCUT2D eigenvalue weighted by atomic mass is 28.4. The molecule has 0 atom stereocenters. The summed E-state index contributed by atoms with van der Waals surface area (Å²) in [5, 5.41) is 0. The van der Waals surface area contributed by atoms with E-state index in [-0.39, 0.29) is 11.4 Å². The van der Waals surface area contributed by atoms with Gasteiger partial charge >= 0.3 is 5.97 Å². The normalized spacial score (nSPS) is 12.6. The Bertz CT molecular complexity index is 224. The third kappa shape index (κ3) is 5.65. The molecule has 0 fully saturated rings. The minimum atomic E-state index is -1.49. The van der Waals surface area contributed by atoms with Crippen LogP contribution in [0.15, 0.2) is 0 Å². The fourth-order valence-electron chi connectivity index (χ4n) is 1.10. The van der Waals surface area contributed by atoms with Gasteiger partial charge in [0.15, 0.2) is 8.32 Å². The lowest BCUT2D eigenvalue weighted by atomic mass is 9.91. The predicted octanol–water partition coefficient (Wildman–Crippen LogP) is 3.21. The summed E-state index contributed by atoms with van der Waals surface area (Å²) in [6, 6.07) is 1.03. The van der Waals surface area contributed by atoms with Gasteiger partial charge in [0, 0.05) is 7.11 Å². The van der Waals surface area contributed by atoms with Crippen molar-refractivity contribution >= 4 is 14.3 Å². The lowest BCUT2D eigenvalue weighted by molar-refractivity contribution is -0.154. The number of rotatable bonds is 7. The Labute approximate surface area is 101 Å². The monoisotopic (exact) mass is 246 g/mol. The largest absolute Gasteiger partial charge is 0.465 e. The molecule has 3 nitrogen and oxygen atoms in total. The van der Waals surface area contributed by atoms with Crippen LogP contribution in [-0.4, -0.2) is 28.0 Å². The molecule has 0 aromatic carbocycles. The van der Waals surface area contributed by atoms with Crippen molar-refractivity contribution in [2.45, 2.75) is 52.8 Å². The van der Waals surface area contributed by atoms with Crippen LogP contribution < -0.4 is 0 Å². The summed E-state index contributed by atoms with van der Waals surface area (Å²) >= 11 is 0. The van der Waals surface area contributed by atoms with E-state index in [0.717, 1.165) is 18.9 Å². The van der Waals surface area contributed by atoms with Crippen molar-refractivity contribution in [3.05, 3.63) is 0 Å². The van der Waals surface area contributed by atoms with Crippen molar-refractivity contribution in [3.63, 3.8) is 0 Å². The summed E-state index contributed by atoms with van der Waals surface area (Å²) in [4.78, 5) is 11.6. The van der Waals surface area contributed by atoms with Crippen LogP contribution in [0.1, 0.15) is 33.6 Å². The van der Waals surface area contributed by atoms with E-state index in [1.807, 2.05) is 20.8 Å². The van der Waals surface area contributed by atoms with Crippen LogP contribution in [0.5, 0.6) is 0 Å². The molecule has 0 aliphatic heterocycles. The van der Waals surface area contributed by atoms with Crippen LogP contribution in [0.25, 0.3) is 0 Å². The molecule has 96 valence electrons. The molecule has 0 aromatic heterocycles. The topological polar surface area (TPSA) is 35.5 Å². The summed E-state index contributed by atoms with van der Waals surface area (Å²) < 4.78 is 10.7. The zero-order chi connectivity index (χ0) is 12.8.